The Morgan fingerprint density at radius 2 is 2.19 bits per heavy atom. The third-order valence-corrected chi connectivity index (χ3v) is 3.11. The number of hydrogen-bond acceptors (Lipinski definition) is 5. The lowest BCUT2D eigenvalue weighted by Crippen LogP contribution is -2.08. The molecule has 0 aromatic carbocycles. The van der Waals surface area contributed by atoms with E-state index in [1.54, 1.807) is 24.0 Å². The van der Waals surface area contributed by atoms with Crippen LogP contribution in [-0.2, 0) is 11.3 Å². The molecule has 6 heteroatoms. The molecular formula is C15H20N4O2. The first-order valence-corrected chi connectivity index (χ1v) is 7.28. The van der Waals surface area contributed by atoms with E-state index < -0.39 is 5.97 Å². The fourth-order valence-corrected chi connectivity index (χ4v) is 2.11. The van der Waals surface area contributed by atoms with Crippen molar-refractivity contribution in [2.75, 3.05) is 6.61 Å². The summed E-state index contributed by atoms with van der Waals surface area (Å²) in [6.07, 6.45) is 6.63. The van der Waals surface area contributed by atoms with Crippen molar-refractivity contribution in [3.63, 3.8) is 0 Å². The lowest BCUT2D eigenvalue weighted by molar-refractivity contribution is 0.0520. The maximum Gasteiger partial charge on any atom is 0.361 e. The molecule has 0 atom stereocenters. The molecule has 0 spiro atoms. The summed E-state index contributed by atoms with van der Waals surface area (Å²) in [4.78, 5) is 16.1. The van der Waals surface area contributed by atoms with Crippen molar-refractivity contribution in [1.29, 1.82) is 0 Å². The molecule has 2 heterocycles. The summed E-state index contributed by atoms with van der Waals surface area (Å²) in [5, 5.41) is 8.11. The molecule has 0 aliphatic carbocycles. The average molecular weight is 288 g/mol. The monoisotopic (exact) mass is 288 g/mol. The predicted octanol–water partition coefficient (Wildman–Crippen LogP) is 2.71. The van der Waals surface area contributed by atoms with Gasteiger partial charge in [-0.2, -0.15) is 0 Å². The zero-order valence-corrected chi connectivity index (χ0v) is 12.5. The smallest absolute Gasteiger partial charge is 0.361 e. The molecule has 0 radical (unpaired) electrons. The molecule has 0 N–H and O–H groups in total. The van der Waals surface area contributed by atoms with Gasteiger partial charge in [-0.15, -0.1) is 5.10 Å². The maximum atomic E-state index is 12.0. The van der Waals surface area contributed by atoms with E-state index in [4.69, 9.17) is 4.74 Å². The topological polar surface area (TPSA) is 69.9 Å². The van der Waals surface area contributed by atoms with Crippen LogP contribution in [0, 0.1) is 0 Å². The molecule has 21 heavy (non-hydrogen) atoms. The molecule has 0 aliphatic rings. The van der Waals surface area contributed by atoms with Crippen molar-refractivity contribution < 1.29 is 9.53 Å². The number of hydrogen-bond donors (Lipinski definition) is 0. The van der Waals surface area contributed by atoms with Gasteiger partial charge in [0.2, 0.25) is 0 Å². The molecule has 0 amide bonds. The third-order valence-electron chi connectivity index (χ3n) is 3.11. The summed E-state index contributed by atoms with van der Waals surface area (Å²) in [5.41, 5.74) is 1.75. The second-order valence-corrected chi connectivity index (χ2v) is 4.68. The van der Waals surface area contributed by atoms with Crippen molar-refractivity contribution in [1.82, 2.24) is 20.0 Å². The lowest BCUT2D eigenvalue weighted by atomic mass is 10.1. The van der Waals surface area contributed by atoms with E-state index in [9.17, 15) is 4.79 Å². The first-order valence-electron chi connectivity index (χ1n) is 7.28. The van der Waals surface area contributed by atoms with Crippen LogP contribution in [0.1, 0.15) is 43.6 Å². The second-order valence-electron chi connectivity index (χ2n) is 4.68. The molecule has 2 rings (SSSR count). The average Bonchev–Trinajstić information content (AvgIpc) is 2.93. The van der Waals surface area contributed by atoms with Gasteiger partial charge < -0.3 is 4.74 Å². The largest absolute Gasteiger partial charge is 0.461 e. The highest BCUT2D eigenvalue weighted by Crippen LogP contribution is 2.22. The number of nitrogens with zero attached hydrogens (tertiary/aromatic N) is 4. The fourth-order valence-electron chi connectivity index (χ4n) is 2.11. The van der Waals surface area contributed by atoms with E-state index in [2.05, 4.69) is 22.2 Å². The highest BCUT2D eigenvalue weighted by molar-refractivity contribution is 5.93. The fraction of sp³-hybridized carbons (Fsp3) is 0.467. The number of esters is 1. The number of ether oxygens (including phenoxy) is 1. The minimum atomic E-state index is -0.446. The number of aromatic nitrogens is 4. The predicted molar refractivity (Wildman–Crippen MR) is 78.7 cm³/mol. The molecule has 0 unspecified atom stereocenters. The number of carbonyl (C=O) groups is 1. The summed E-state index contributed by atoms with van der Waals surface area (Å²) in [5.74, 6) is -0.446. The van der Waals surface area contributed by atoms with Gasteiger partial charge in [-0.1, -0.05) is 25.0 Å². The van der Waals surface area contributed by atoms with Crippen LogP contribution < -0.4 is 0 Å². The quantitative estimate of drug-likeness (QED) is 0.578. The van der Waals surface area contributed by atoms with E-state index >= 15 is 0 Å². The van der Waals surface area contributed by atoms with E-state index in [-0.39, 0.29) is 5.69 Å². The number of aryl methyl sites for hydroxylation is 1. The summed E-state index contributed by atoms with van der Waals surface area (Å²) in [6, 6.07) is 3.72. The Morgan fingerprint density at radius 1 is 1.33 bits per heavy atom. The summed E-state index contributed by atoms with van der Waals surface area (Å²) < 4.78 is 6.82. The first kappa shape index (κ1) is 15.2. The highest BCUT2D eigenvalue weighted by Gasteiger charge is 2.22. The molecule has 0 fully saturated rings. The van der Waals surface area contributed by atoms with E-state index in [1.807, 2.05) is 12.1 Å². The van der Waals surface area contributed by atoms with E-state index in [1.165, 1.54) is 0 Å². The van der Waals surface area contributed by atoms with Crippen LogP contribution in [-0.4, -0.2) is 32.6 Å². The van der Waals surface area contributed by atoms with Gasteiger partial charge in [-0.3, -0.25) is 4.98 Å². The number of rotatable bonds is 7. The van der Waals surface area contributed by atoms with Gasteiger partial charge in [0.25, 0.3) is 0 Å². The standard InChI is InChI=1S/C15H20N4O2/c1-3-5-6-10-19-14(12-8-7-9-16-11-12)13(17-18-19)15(20)21-4-2/h7-9,11H,3-6,10H2,1-2H3. The third kappa shape index (κ3) is 3.65. The lowest BCUT2D eigenvalue weighted by Gasteiger charge is -2.07. The van der Waals surface area contributed by atoms with Crippen molar-refractivity contribution in [3.05, 3.63) is 30.2 Å². The molecule has 2 aromatic rings. The van der Waals surface area contributed by atoms with Crippen LogP contribution in [0.25, 0.3) is 11.3 Å². The Kier molecular flexibility index (Phi) is 5.43. The summed E-state index contributed by atoms with van der Waals surface area (Å²) >= 11 is 0. The molecule has 6 nitrogen and oxygen atoms in total. The van der Waals surface area contributed by atoms with Crippen molar-refractivity contribution in [2.24, 2.45) is 0 Å². The van der Waals surface area contributed by atoms with E-state index in [0.717, 1.165) is 31.4 Å². The van der Waals surface area contributed by atoms with Crippen LogP contribution in [0.15, 0.2) is 24.5 Å². The van der Waals surface area contributed by atoms with Crippen molar-refractivity contribution in [3.8, 4) is 11.3 Å². The second kappa shape index (κ2) is 7.52. The van der Waals surface area contributed by atoms with Gasteiger partial charge in [-0.05, 0) is 25.5 Å². The summed E-state index contributed by atoms with van der Waals surface area (Å²) in [6.45, 7) is 4.96. The van der Waals surface area contributed by atoms with Gasteiger partial charge in [0, 0.05) is 24.5 Å². The number of unbranched alkanes of at least 4 members (excludes halogenated alkanes) is 2. The van der Waals surface area contributed by atoms with Crippen LogP contribution >= 0.6 is 0 Å². The molecular weight excluding hydrogens is 268 g/mol. The Labute approximate surface area is 124 Å². The maximum absolute atomic E-state index is 12.0. The van der Waals surface area contributed by atoms with Gasteiger partial charge in [-0.25, -0.2) is 9.48 Å². The van der Waals surface area contributed by atoms with Crippen molar-refractivity contribution >= 4 is 5.97 Å². The summed E-state index contributed by atoms with van der Waals surface area (Å²) in [7, 11) is 0. The zero-order valence-electron chi connectivity index (χ0n) is 12.5. The van der Waals surface area contributed by atoms with Crippen LogP contribution in [0.4, 0.5) is 0 Å². The molecule has 0 bridgehead atoms. The zero-order chi connectivity index (χ0) is 15.1. The van der Waals surface area contributed by atoms with Gasteiger partial charge >= 0.3 is 5.97 Å². The van der Waals surface area contributed by atoms with Gasteiger partial charge in [0.1, 0.15) is 5.69 Å². The molecule has 112 valence electrons. The first-order chi connectivity index (χ1) is 10.3. The molecule has 2 aromatic heterocycles. The minimum Gasteiger partial charge on any atom is -0.461 e. The molecule has 0 saturated heterocycles. The Morgan fingerprint density at radius 3 is 2.86 bits per heavy atom. The van der Waals surface area contributed by atoms with Crippen LogP contribution in [0.3, 0.4) is 0 Å². The normalized spacial score (nSPS) is 10.6. The van der Waals surface area contributed by atoms with Gasteiger partial charge in [0.05, 0.1) is 6.61 Å². The molecule has 0 aliphatic heterocycles. The van der Waals surface area contributed by atoms with E-state index in [0.29, 0.717) is 12.3 Å². The number of carbonyl (C=O) groups excluding carboxylic acids is 1. The minimum absolute atomic E-state index is 0.251. The Balaban J connectivity index is 2.35. The number of pyridine rings is 1. The van der Waals surface area contributed by atoms with Crippen molar-refractivity contribution in [2.45, 2.75) is 39.7 Å². The Hall–Kier alpha value is -2.24. The molecule has 0 saturated carbocycles. The SMILES string of the molecule is CCCCCn1nnc(C(=O)OCC)c1-c1cccnc1. The highest BCUT2D eigenvalue weighted by atomic mass is 16.5. The van der Waals surface area contributed by atoms with Gasteiger partial charge in [0.15, 0.2) is 5.69 Å². The van der Waals surface area contributed by atoms with Crippen LogP contribution in [0.5, 0.6) is 0 Å². The van der Waals surface area contributed by atoms with Crippen LogP contribution in [0.2, 0.25) is 0 Å². The Bertz CT molecular complexity index is 581.